The van der Waals surface area contributed by atoms with Gasteiger partial charge in [-0.15, -0.1) is 0 Å². The van der Waals surface area contributed by atoms with Gasteiger partial charge in [0.05, 0.1) is 0 Å². The van der Waals surface area contributed by atoms with Crippen molar-refractivity contribution in [3.05, 3.63) is 48.1 Å². The van der Waals surface area contributed by atoms with Gasteiger partial charge in [-0.1, -0.05) is 61.4 Å². The molecule has 0 rings (SSSR count). The molecule has 0 unspecified atom stereocenters. The molecule has 0 heteroatoms. The molecule has 0 aliphatic carbocycles. The van der Waals surface area contributed by atoms with E-state index in [-0.39, 0.29) is 0 Å². The predicted octanol–water partition coefficient (Wildman–Crippen LogP) is 5.84. The van der Waals surface area contributed by atoms with Crippen molar-refractivity contribution >= 4 is 0 Å². The van der Waals surface area contributed by atoms with E-state index in [2.05, 4.69) is 46.1 Å². The van der Waals surface area contributed by atoms with Gasteiger partial charge in [-0.25, -0.2) is 0 Å². The van der Waals surface area contributed by atoms with Gasteiger partial charge < -0.3 is 0 Å². The summed E-state index contributed by atoms with van der Waals surface area (Å²) < 4.78 is 0. The average Bonchev–Trinajstić information content (AvgIpc) is 2.26. The van der Waals surface area contributed by atoms with Gasteiger partial charge in [0.15, 0.2) is 0 Å². The van der Waals surface area contributed by atoms with Crippen LogP contribution in [0.15, 0.2) is 48.1 Å². The lowest BCUT2D eigenvalue weighted by molar-refractivity contribution is 0.787. The van der Waals surface area contributed by atoms with Crippen molar-refractivity contribution in [2.75, 3.05) is 0 Å². The van der Waals surface area contributed by atoms with E-state index in [4.69, 9.17) is 0 Å². The Morgan fingerprint density at radius 2 is 1.75 bits per heavy atom. The topological polar surface area (TPSA) is 0 Å². The molecule has 0 spiro atoms. The monoisotopic (exact) mass is 220 g/mol. The van der Waals surface area contributed by atoms with Crippen LogP contribution in [-0.4, -0.2) is 0 Å². The van der Waals surface area contributed by atoms with Gasteiger partial charge in [-0.3, -0.25) is 0 Å². The van der Waals surface area contributed by atoms with Gasteiger partial charge in [-0.05, 0) is 40.5 Å². The maximum Gasteiger partial charge on any atom is -0.0320 e. The van der Waals surface area contributed by atoms with E-state index in [0.717, 1.165) is 5.57 Å². The number of hydrogen-bond donors (Lipinski definition) is 0. The lowest BCUT2D eigenvalue weighted by Gasteiger charge is -1.95. The molecule has 0 N–H and O–H groups in total. The maximum absolute atomic E-state index is 3.76. The van der Waals surface area contributed by atoms with Crippen LogP contribution in [0.2, 0.25) is 0 Å². The second-order valence-electron chi connectivity index (χ2n) is 4.10. The van der Waals surface area contributed by atoms with E-state index in [1.54, 1.807) is 0 Å². The molecule has 0 bridgehead atoms. The highest BCUT2D eigenvalue weighted by atomic mass is 13.9. The molecule has 0 heterocycles. The summed E-state index contributed by atoms with van der Waals surface area (Å²) in [5.41, 5.74) is 3.87. The summed E-state index contributed by atoms with van der Waals surface area (Å²) in [7, 11) is 0. The Morgan fingerprint density at radius 1 is 1.19 bits per heavy atom. The minimum atomic E-state index is 1.16. The molecular weight excluding hydrogens is 192 g/mol. The summed E-state index contributed by atoms with van der Waals surface area (Å²) in [5, 5.41) is 0. The maximum atomic E-state index is 3.76. The molecule has 0 nitrogen and oxygen atoms in total. The first-order valence-electron chi connectivity index (χ1n) is 6.06. The quantitative estimate of drug-likeness (QED) is 0.511. The van der Waals surface area contributed by atoms with Crippen molar-refractivity contribution < 1.29 is 0 Å². The molecule has 0 aromatic rings. The fraction of sp³-hybridized carbons (Fsp3) is 0.500. The van der Waals surface area contributed by atoms with Crippen molar-refractivity contribution in [2.45, 2.75) is 53.9 Å². The molecule has 0 saturated heterocycles. The van der Waals surface area contributed by atoms with Gasteiger partial charge in [0.2, 0.25) is 0 Å². The van der Waals surface area contributed by atoms with Crippen LogP contribution in [0, 0.1) is 0 Å². The zero-order chi connectivity index (χ0) is 13.0. The predicted molar refractivity (Wildman–Crippen MR) is 77.7 cm³/mol. The Hall–Kier alpha value is -1.04. The first kappa shape index (κ1) is 17.4. The molecule has 0 radical (unpaired) electrons. The largest absolute Gasteiger partial charge is 0.0991 e. The minimum Gasteiger partial charge on any atom is -0.0991 e. The third-order valence-corrected chi connectivity index (χ3v) is 2.43. The summed E-state index contributed by atoms with van der Waals surface area (Å²) in [6.45, 7) is 17.8. The molecule has 0 saturated carbocycles. The third kappa shape index (κ3) is 13.0. The Morgan fingerprint density at radius 3 is 2.00 bits per heavy atom. The van der Waals surface area contributed by atoms with E-state index in [0.29, 0.717) is 0 Å². The molecular formula is C16H28. The minimum absolute atomic E-state index is 1.16. The summed E-state index contributed by atoms with van der Waals surface area (Å²) in [5.74, 6) is 0. The highest BCUT2D eigenvalue weighted by molar-refractivity contribution is 5.22. The van der Waals surface area contributed by atoms with E-state index in [1.807, 2.05) is 19.9 Å². The summed E-state index contributed by atoms with van der Waals surface area (Å²) in [4.78, 5) is 0. The van der Waals surface area contributed by atoms with Gasteiger partial charge in [0, 0.05) is 0 Å². The van der Waals surface area contributed by atoms with Gasteiger partial charge in [-0.2, -0.15) is 0 Å². The van der Waals surface area contributed by atoms with Crippen LogP contribution in [0.5, 0.6) is 0 Å². The van der Waals surface area contributed by atoms with Gasteiger partial charge >= 0.3 is 0 Å². The zero-order valence-corrected chi connectivity index (χ0v) is 11.8. The fourth-order valence-corrected chi connectivity index (χ4v) is 0.987. The van der Waals surface area contributed by atoms with Crippen LogP contribution in [0.3, 0.4) is 0 Å². The van der Waals surface area contributed by atoms with Gasteiger partial charge in [0.25, 0.3) is 0 Å². The van der Waals surface area contributed by atoms with Crippen molar-refractivity contribution in [1.82, 2.24) is 0 Å². The molecule has 0 aromatic heterocycles. The fourth-order valence-electron chi connectivity index (χ4n) is 0.987. The van der Waals surface area contributed by atoms with Crippen LogP contribution < -0.4 is 0 Å². The average molecular weight is 220 g/mol. The van der Waals surface area contributed by atoms with Crippen molar-refractivity contribution in [3.63, 3.8) is 0 Å². The third-order valence-electron chi connectivity index (χ3n) is 2.43. The summed E-state index contributed by atoms with van der Waals surface area (Å²) in [6.07, 6.45) is 9.80. The number of unbranched alkanes of at least 4 members (excludes halogenated alkanes) is 1. The van der Waals surface area contributed by atoms with Crippen LogP contribution in [0.25, 0.3) is 0 Å². The highest BCUT2D eigenvalue weighted by Crippen LogP contribution is 2.05. The molecule has 0 fully saturated rings. The molecule has 0 aliphatic rings. The first-order valence-corrected chi connectivity index (χ1v) is 6.06. The van der Waals surface area contributed by atoms with E-state index >= 15 is 0 Å². The van der Waals surface area contributed by atoms with Crippen LogP contribution in [-0.2, 0) is 0 Å². The van der Waals surface area contributed by atoms with Crippen molar-refractivity contribution in [1.29, 1.82) is 0 Å². The van der Waals surface area contributed by atoms with Crippen molar-refractivity contribution in [2.24, 2.45) is 0 Å². The van der Waals surface area contributed by atoms with E-state index in [9.17, 15) is 0 Å². The Bertz CT molecular complexity index is 251. The Labute approximate surface area is 102 Å². The summed E-state index contributed by atoms with van der Waals surface area (Å²) in [6, 6.07) is 0. The lowest BCUT2D eigenvalue weighted by Crippen LogP contribution is -1.74. The van der Waals surface area contributed by atoms with Crippen LogP contribution >= 0.6 is 0 Å². The van der Waals surface area contributed by atoms with Gasteiger partial charge in [0.1, 0.15) is 0 Å². The highest BCUT2D eigenvalue weighted by Gasteiger charge is 1.84. The normalized spacial score (nSPS) is 11.6. The van der Waals surface area contributed by atoms with Crippen LogP contribution in [0.1, 0.15) is 53.9 Å². The number of rotatable bonds is 5. The zero-order valence-electron chi connectivity index (χ0n) is 11.8. The molecule has 0 atom stereocenters. The Balaban J connectivity index is 0. The molecule has 0 aromatic carbocycles. The SMILES string of the molecule is C=C(C)C(C)=CC.C=CC=C(C)CCCC. The Kier molecular flexibility index (Phi) is 13.1. The van der Waals surface area contributed by atoms with Crippen molar-refractivity contribution in [3.8, 4) is 0 Å². The number of allylic oxidation sites excluding steroid dienone is 6. The molecule has 0 amide bonds. The van der Waals surface area contributed by atoms with E-state index in [1.165, 1.54) is 30.4 Å². The first-order chi connectivity index (χ1) is 7.49. The van der Waals surface area contributed by atoms with E-state index < -0.39 is 0 Å². The molecule has 92 valence electrons. The lowest BCUT2D eigenvalue weighted by atomic mass is 10.1. The second-order valence-corrected chi connectivity index (χ2v) is 4.10. The summed E-state index contributed by atoms with van der Waals surface area (Å²) >= 11 is 0. The van der Waals surface area contributed by atoms with Crippen LogP contribution in [0.4, 0.5) is 0 Å². The second kappa shape index (κ2) is 12.0. The standard InChI is InChI=1S/C9H16.C7H12/c1-4-6-8-9(3)7-5-2;1-5-7(4)6(2)3/h5,7H,2,4,6,8H2,1,3H3;5H,2H2,1,3-4H3. The molecule has 0 aliphatic heterocycles. The number of hydrogen-bond acceptors (Lipinski definition) is 0. The molecule has 16 heavy (non-hydrogen) atoms. The smallest absolute Gasteiger partial charge is 0.0320 e.